The van der Waals surface area contributed by atoms with Crippen LogP contribution >= 0.6 is 0 Å². The first-order valence-electron chi connectivity index (χ1n) is 9.56. The van der Waals surface area contributed by atoms with Crippen molar-refractivity contribution in [2.75, 3.05) is 19.7 Å². The predicted octanol–water partition coefficient (Wildman–Crippen LogP) is 1.92. The molecule has 0 spiro atoms. The van der Waals surface area contributed by atoms with Crippen LogP contribution in [0.25, 0.3) is 0 Å². The quantitative estimate of drug-likeness (QED) is 0.893. The number of piperidine rings is 1. The Hall–Kier alpha value is -2.41. The molecule has 2 aliphatic heterocycles. The summed E-state index contributed by atoms with van der Waals surface area (Å²) >= 11 is 0. The smallest absolute Gasteiger partial charge is 0.229 e. The molecule has 27 heavy (non-hydrogen) atoms. The lowest BCUT2D eigenvalue weighted by atomic mass is 9.94. The maximum absolute atomic E-state index is 12.9. The molecule has 144 valence electrons. The fourth-order valence-electron chi connectivity index (χ4n) is 3.83. The number of carbonyl (C=O) groups is 1. The normalized spacial score (nSPS) is 20.9. The highest BCUT2D eigenvalue weighted by molar-refractivity contribution is 5.80. The summed E-state index contributed by atoms with van der Waals surface area (Å²) in [5.74, 6) is 0.970. The van der Waals surface area contributed by atoms with Crippen molar-refractivity contribution in [3.05, 3.63) is 41.7 Å². The van der Waals surface area contributed by atoms with Crippen LogP contribution in [0.2, 0.25) is 0 Å². The van der Waals surface area contributed by atoms with Gasteiger partial charge in [0, 0.05) is 13.1 Å². The number of ether oxygens (including phenoxy) is 1. The van der Waals surface area contributed by atoms with Crippen LogP contribution in [0.4, 0.5) is 0 Å². The van der Waals surface area contributed by atoms with Crippen LogP contribution in [0, 0.1) is 5.92 Å². The van der Waals surface area contributed by atoms with Gasteiger partial charge in [0.25, 0.3) is 0 Å². The summed E-state index contributed by atoms with van der Waals surface area (Å²) in [5, 5.41) is 18.3. The first kappa shape index (κ1) is 18.0. The summed E-state index contributed by atoms with van der Waals surface area (Å²) < 4.78 is 7.61. The fourth-order valence-corrected chi connectivity index (χ4v) is 3.83. The number of likely N-dealkylation sites (tertiary alicyclic amines) is 1. The lowest BCUT2D eigenvalue weighted by Gasteiger charge is -2.35. The number of carbonyl (C=O) groups excluding carboxylic acids is 1. The summed E-state index contributed by atoms with van der Waals surface area (Å²) in [5.41, 5.74) is 0.685. The van der Waals surface area contributed by atoms with Crippen molar-refractivity contribution in [1.29, 1.82) is 0 Å². The van der Waals surface area contributed by atoms with Gasteiger partial charge in [-0.1, -0.05) is 23.4 Å². The SMILES string of the molecule is CC(C)(O)c1cn(C2CCN(C(=O)[C@H]3COc4ccccc4C3)CC2)nn1. The van der Waals surface area contributed by atoms with E-state index in [9.17, 15) is 9.90 Å². The monoisotopic (exact) mass is 370 g/mol. The average molecular weight is 370 g/mol. The van der Waals surface area contributed by atoms with Crippen molar-refractivity contribution in [2.45, 2.75) is 44.8 Å². The number of aliphatic hydroxyl groups is 1. The summed E-state index contributed by atoms with van der Waals surface area (Å²) in [6.07, 6.45) is 4.23. The number of para-hydroxylation sites is 1. The van der Waals surface area contributed by atoms with Gasteiger partial charge in [-0.05, 0) is 44.7 Å². The molecule has 0 aliphatic carbocycles. The summed E-state index contributed by atoms with van der Waals surface area (Å²) in [6.45, 7) is 5.27. The molecule has 4 rings (SSSR count). The van der Waals surface area contributed by atoms with E-state index in [1.54, 1.807) is 13.8 Å². The van der Waals surface area contributed by atoms with Crippen LogP contribution < -0.4 is 4.74 Å². The third kappa shape index (κ3) is 3.69. The second-order valence-corrected chi connectivity index (χ2v) is 8.02. The van der Waals surface area contributed by atoms with Gasteiger partial charge in [0.15, 0.2) is 0 Å². The Morgan fingerprint density at radius 2 is 2.00 bits per heavy atom. The van der Waals surface area contributed by atoms with Gasteiger partial charge in [-0.25, -0.2) is 4.68 Å². The van der Waals surface area contributed by atoms with Crippen LogP contribution in [0.15, 0.2) is 30.5 Å². The molecule has 0 bridgehead atoms. The van der Waals surface area contributed by atoms with Crippen LogP contribution in [0.5, 0.6) is 5.75 Å². The first-order chi connectivity index (χ1) is 12.9. The molecular weight excluding hydrogens is 344 g/mol. The van der Waals surface area contributed by atoms with Gasteiger partial charge in [-0.2, -0.15) is 0 Å². The molecule has 1 atom stereocenters. The molecule has 1 saturated heterocycles. The molecule has 0 saturated carbocycles. The molecule has 0 radical (unpaired) electrons. The minimum atomic E-state index is -0.994. The molecule has 3 heterocycles. The van der Waals surface area contributed by atoms with Crippen LogP contribution in [-0.2, 0) is 16.8 Å². The first-order valence-corrected chi connectivity index (χ1v) is 9.56. The molecule has 2 aromatic rings. The van der Waals surface area contributed by atoms with E-state index in [0.717, 1.165) is 30.6 Å². The largest absolute Gasteiger partial charge is 0.492 e. The summed E-state index contributed by atoms with van der Waals surface area (Å²) in [4.78, 5) is 14.9. The van der Waals surface area contributed by atoms with E-state index >= 15 is 0 Å². The predicted molar refractivity (Wildman–Crippen MR) is 99.2 cm³/mol. The average Bonchev–Trinajstić information content (AvgIpc) is 3.18. The van der Waals surface area contributed by atoms with E-state index < -0.39 is 5.60 Å². The van der Waals surface area contributed by atoms with Crippen molar-refractivity contribution >= 4 is 5.91 Å². The Bertz CT molecular complexity index is 819. The number of hydrogen-bond donors (Lipinski definition) is 1. The Morgan fingerprint density at radius 3 is 2.70 bits per heavy atom. The highest BCUT2D eigenvalue weighted by Crippen LogP contribution is 2.30. The second kappa shape index (κ2) is 6.96. The van der Waals surface area contributed by atoms with Gasteiger partial charge in [-0.3, -0.25) is 4.79 Å². The molecule has 0 unspecified atom stereocenters. The van der Waals surface area contributed by atoms with Crippen molar-refractivity contribution in [1.82, 2.24) is 19.9 Å². The highest BCUT2D eigenvalue weighted by Gasteiger charge is 2.32. The number of aromatic nitrogens is 3. The Balaban J connectivity index is 1.35. The Kier molecular flexibility index (Phi) is 4.63. The molecule has 1 aromatic heterocycles. The molecule has 1 N–H and O–H groups in total. The third-order valence-corrected chi connectivity index (χ3v) is 5.52. The number of nitrogens with zero attached hydrogens (tertiary/aromatic N) is 4. The van der Waals surface area contributed by atoms with Gasteiger partial charge >= 0.3 is 0 Å². The topological polar surface area (TPSA) is 80.5 Å². The van der Waals surface area contributed by atoms with Gasteiger partial charge in [0.1, 0.15) is 23.7 Å². The van der Waals surface area contributed by atoms with Crippen molar-refractivity contribution in [3.8, 4) is 5.75 Å². The van der Waals surface area contributed by atoms with Crippen LogP contribution in [0.1, 0.15) is 44.0 Å². The number of benzene rings is 1. The maximum Gasteiger partial charge on any atom is 0.229 e. The van der Waals surface area contributed by atoms with E-state index in [1.165, 1.54) is 0 Å². The molecular formula is C20H26N4O3. The summed E-state index contributed by atoms with van der Waals surface area (Å²) in [7, 11) is 0. The van der Waals surface area contributed by atoms with Crippen molar-refractivity contribution in [3.63, 3.8) is 0 Å². The van der Waals surface area contributed by atoms with Gasteiger partial charge in [0.05, 0.1) is 18.2 Å². The highest BCUT2D eigenvalue weighted by atomic mass is 16.5. The second-order valence-electron chi connectivity index (χ2n) is 8.02. The van der Waals surface area contributed by atoms with E-state index in [0.29, 0.717) is 25.4 Å². The lowest BCUT2D eigenvalue weighted by molar-refractivity contribution is -0.138. The van der Waals surface area contributed by atoms with Crippen molar-refractivity contribution < 1.29 is 14.6 Å². The number of rotatable bonds is 3. The van der Waals surface area contributed by atoms with Crippen molar-refractivity contribution in [2.24, 2.45) is 5.92 Å². The fraction of sp³-hybridized carbons (Fsp3) is 0.550. The third-order valence-electron chi connectivity index (χ3n) is 5.52. The number of fused-ring (bicyclic) bond motifs is 1. The van der Waals surface area contributed by atoms with Crippen LogP contribution in [0.3, 0.4) is 0 Å². The van der Waals surface area contributed by atoms with E-state index in [-0.39, 0.29) is 17.9 Å². The summed E-state index contributed by atoms with van der Waals surface area (Å²) in [6, 6.07) is 8.15. The maximum atomic E-state index is 12.9. The Labute approximate surface area is 158 Å². The molecule has 7 nitrogen and oxygen atoms in total. The standard InChI is InChI=1S/C20H26N4O3/c1-20(2,26)18-12-24(22-21-18)16-7-9-23(10-8-16)19(25)15-11-14-5-3-4-6-17(14)27-13-15/h3-6,12,15-16,26H,7-11,13H2,1-2H3/t15-/m1/s1. The minimum Gasteiger partial charge on any atom is -0.492 e. The van der Waals surface area contributed by atoms with E-state index in [2.05, 4.69) is 10.3 Å². The number of amides is 1. The zero-order valence-electron chi connectivity index (χ0n) is 15.8. The Morgan fingerprint density at radius 1 is 1.26 bits per heavy atom. The lowest BCUT2D eigenvalue weighted by Crippen LogP contribution is -2.45. The molecule has 1 aromatic carbocycles. The van der Waals surface area contributed by atoms with Crippen LogP contribution in [-0.4, -0.2) is 50.6 Å². The molecule has 1 fully saturated rings. The molecule has 7 heteroatoms. The van der Waals surface area contributed by atoms with E-state index in [4.69, 9.17) is 4.74 Å². The minimum absolute atomic E-state index is 0.107. The van der Waals surface area contributed by atoms with Gasteiger partial charge in [-0.15, -0.1) is 5.10 Å². The zero-order valence-corrected chi connectivity index (χ0v) is 15.8. The van der Waals surface area contributed by atoms with Gasteiger partial charge in [0.2, 0.25) is 5.91 Å². The molecule has 1 amide bonds. The molecule has 2 aliphatic rings. The number of hydrogen-bond acceptors (Lipinski definition) is 5. The zero-order chi connectivity index (χ0) is 19.0. The van der Waals surface area contributed by atoms with Gasteiger partial charge < -0.3 is 14.7 Å². The van der Waals surface area contributed by atoms with E-state index in [1.807, 2.05) is 40.0 Å².